The largest absolute Gasteiger partial charge is 0.317 e. The van der Waals surface area contributed by atoms with E-state index in [2.05, 4.69) is 25.9 Å². The van der Waals surface area contributed by atoms with Crippen molar-refractivity contribution < 1.29 is 4.39 Å². The van der Waals surface area contributed by atoms with Gasteiger partial charge >= 0.3 is 0 Å². The summed E-state index contributed by atoms with van der Waals surface area (Å²) in [7, 11) is 0. The second-order valence-electron chi connectivity index (χ2n) is 4.29. The van der Waals surface area contributed by atoms with Crippen molar-refractivity contribution in [3.63, 3.8) is 0 Å². The molecule has 3 nitrogen and oxygen atoms in total. The van der Waals surface area contributed by atoms with Crippen molar-refractivity contribution in [2.24, 2.45) is 0 Å². The molecule has 1 aromatic heterocycles. The molecule has 0 bridgehead atoms. The lowest BCUT2D eigenvalue weighted by atomic mass is 10.2. The molecule has 0 aliphatic heterocycles. The topological polar surface area (TPSA) is 45.8 Å². The molecule has 1 N–H and O–H groups in total. The molecule has 1 aliphatic rings. The minimum Gasteiger partial charge on any atom is -0.317 e. The molecule has 0 saturated heterocycles. The molecule has 0 unspecified atom stereocenters. The fraction of sp³-hybridized carbons (Fsp3) is 0.333. The minimum atomic E-state index is -0.397. The van der Waals surface area contributed by atoms with Crippen molar-refractivity contribution in [3.8, 4) is 0 Å². The van der Waals surface area contributed by atoms with E-state index in [-0.39, 0.29) is 17.0 Å². The van der Waals surface area contributed by atoms with Gasteiger partial charge in [0.05, 0.1) is 5.52 Å². The van der Waals surface area contributed by atoms with Gasteiger partial charge < -0.3 is 4.98 Å². The molecule has 3 rings (SSSR count). The molecular formula is C12H10BrFN2O. The number of rotatable bonds is 2. The van der Waals surface area contributed by atoms with Gasteiger partial charge in [-0.2, -0.15) is 0 Å². The molecule has 5 heteroatoms. The van der Waals surface area contributed by atoms with E-state index >= 15 is 0 Å². The summed E-state index contributed by atoms with van der Waals surface area (Å²) in [6.07, 6.45) is 2.01. The number of fused-ring (bicyclic) bond motifs is 1. The summed E-state index contributed by atoms with van der Waals surface area (Å²) < 4.78 is 14.0. The highest BCUT2D eigenvalue weighted by Gasteiger charge is 2.28. The molecule has 0 amide bonds. The Morgan fingerprint density at radius 1 is 1.47 bits per heavy atom. The zero-order valence-electron chi connectivity index (χ0n) is 8.96. The number of hydrogen-bond acceptors (Lipinski definition) is 2. The summed E-state index contributed by atoms with van der Waals surface area (Å²) in [6, 6.07) is 3.44. The Morgan fingerprint density at radius 3 is 2.88 bits per heavy atom. The Morgan fingerprint density at radius 2 is 2.24 bits per heavy atom. The summed E-state index contributed by atoms with van der Waals surface area (Å²) >= 11 is 3.21. The van der Waals surface area contributed by atoms with Crippen molar-refractivity contribution in [2.45, 2.75) is 24.1 Å². The molecule has 17 heavy (non-hydrogen) atoms. The van der Waals surface area contributed by atoms with E-state index in [0.29, 0.717) is 22.1 Å². The number of H-pyrrole nitrogens is 1. The first-order valence-electron chi connectivity index (χ1n) is 5.48. The molecule has 1 aliphatic carbocycles. The Kier molecular flexibility index (Phi) is 2.50. The number of halogens is 2. The third-order valence-electron chi connectivity index (χ3n) is 3.02. The summed E-state index contributed by atoms with van der Waals surface area (Å²) in [5, 5.41) is 0.418. The van der Waals surface area contributed by atoms with E-state index in [0.717, 1.165) is 12.8 Å². The van der Waals surface area contributed by atoms with Crippen LogP contribution in [0, 0.1) is 5.82 Å². The molecule has 0 spiro atoms. The van der Waals surface area contributed by atoms with Crippen molar-refractivity contribution in [1.82, 2.24) is 9.97 Å². The van der Waals surface area contributed by atoms with Crippen molar-refractivity contribution in [3.05, 3.63) is 39.6 Å². The van der Waals surface area contributed by atoms with Gasteiger partial charge in [-0.1, -0.05) is 22.0 Å². The molecule has 1 saturated carbocycles. The van der Waals surface area contributed by atoms with E-state index < -0.39 is 5.82 Å². The summed E-state index contributed by atoms with van der Waals surface area (Å²) in [5.41, 5.74) is 1.54. The first-order valence-corrected chi connectivity index (χ1v) is 6.60. The van der Waals surface area contributed by atoms with Gasteiger partial charge in [-0.05, 0) is 18.9 Å². The first kappa shape index (κ1) is 10.9. The van der Waals surface area contributed by atoms with Gasteiger partial charge in [-0.3, -0.25) is 4.79 Å². The number of nitrogens with one attached hydrogen (secondary N) is 1. The van der Waals surface area contributed by atoms with Crippen LogP contribution in [0.15, 0.2) is 16.9 Å². The maximum absolute atomic E-state index is 14.0. The van der Waals surface area contributed by atoms with Crippen LogP contribution in [0.3, 0.4) is 0 Å². The maximum atomic E-state index is 14.0. The van der Waals surface area contributed by atoms with E-state index in [1.54, 1.807) is 12.1 Å². The molecule has 0 atom stereocenters. The predicted molar refractivity (Wildman–Crippen MR) is 66.9 cm³/mol. The zero-order valence-corrected chi connectivity index (χ0v) is 10.6. The Hall–Kier alpha value is -1.23. The standard InChI is InChI=1S/C12H10BrFN2O/c13-5-7-3-4-8-11(9(7)14)16-12(17)10(15-8)6-1-2-6/h3-4,6H,1-2,5H2,(H,16,17). The van der Waals surface area contributed by atoms with Crippen LogP contribution in [0.4, 0.5) is 4.39 Å². The third-order valence-corrected chi connectivity index (χ3v) is 3.62. The second kappa shape index (κ2) is 3.91. The SMILES string of the molecule is O=c1[nH]c2c(F)c(CBr)ccc2nc1C1CC1. The Bertz CT molecular complexity index is 649. The lowest BCUT2D eigenvalue weighted by molar-refractivity contribution is 0.625. The fourth-order valence-corrected chi connectivity index (χ4v) is 2.35. The smallest absolute Gasteiger partial charge is 0.270 e. The van der Waals surface area contributed by atoms with Crippen LogP contribution >= 0.6 is 15.9 Å². The van der Waals surface area contributed by atoms with Crippen molar-refractivity contribution in [1.29, 1.82) is 0 Å². The lowest BCUT2D eigenvalue weighted by Crippen LogP contribution is -2.15. The minimum absolute atomic E-state index is 0.205. The number of benzene rings is 1. The van der Waals surface area contributed by atoms with E-state index in [1.165, 1.54) is 0 Å². The average Bonchev–Trinajstić information content (AvgIpc) is 3.14. The quantitative estimate of drug-likeness (QED) is 0.866. The van der Waals surface area contributed by atoms with Gasteiger partial charge in [0.15, 0.2) is 5.82 Å². The lowest BCUT2D eigenvalue weighted by Gasteiger charge is -2.05. The van der Waals surface area contributed by atoms with Crippen LogP contribution in [0.25, 0.3) is 11.0 Å². The van der Waals surface area contributed by atoms with E-state index in [1.807, 2.05) is 0 Å². The summed E-state index contributed by atoms with van der Waals surface area (Å²) in [5.74, 6) is -0.131. The molecule has 2 aromatic rings. The molecule has 1 fully saturated rings. The fourth-order valence-electron chi connectivity index (χ4n) is 1.92. The highest BCUT2D eigenvalue weighted by Crippen LogP contribution is 2.37. The summed E-state index contributed by atoms with van der Waals surface area (Å²) in [4.78, 5) is 18.7. The van der Waals surface area contributed by atoms with Gasteiger partial charge in [-0.25, -0.2) is 9.37 Å². The molecular weight excluding hydrogens is 287 g/mol. The summed E-state index contributed by atoms with van der Waals surface area (Å²) in [6.45, 7) is 0. The molecule has 1 aromatic carbocycles. The highest BCUT2D eigenvalue weighted by molar-refractivity contribution is 9.08. The van der Waals surface area contributed by atoms with Gasteiger partial charge in [0.2, 0.25) is 0 Å². The number of aromatic amines is 1. The predicted octanol–water partition coefficient (Wildman–Crippen LogP) is 2.83. The van der Waals surface area contributed by atoms with Crippen LogP contribution in [-0.2, 0) is 5.33 Å². The van der Waals surface area contributed by atoms with Gasteiger partial charge in [-0.15, -0.1) is 0 Å². The van der Waals surface area contributed by atoms with Crippen molar-refractivity contribution >= 4 is 27.0 Å². The Balaban J connectivity index is 2.29. The zero-order chi connectivity index (χ0) is 12.0. The maximum Gasteiger partial charge on any atom is 0.270 e. The van der Waals surface area contributed by atoms with E-state index in [4.69, 9.17) is 0 Å². The molecule has 0 radical (unpaired) electrons. The number of alkyl halides is 1. The Labute approximate surface area is 105 Å². The van der Waals surface area contributed by atoms with Crippen LogP contribution < -0.4 is 5.56 Å². The van der Waals surface area contributed by atoms with Crippen LogP contribution in [-0.4, -0.2) is 9.97 Å². The first-order chi connectivity index (χ1) is 8.20. The molecule has 88 valence electrons. The second-order valence-corrected chi connectivity index (χ2v) is 4.85. The normalized spacial score (nSPS) is 15.4. The third kappa shape index (κ3) is 1.78. The van der Waals surface area contributed by atoms with Crippen molar-refractivity contribution in [2.75, 3.05) is 0 Å². The molecule has 1 heterocycles. The number of hydrogen-bond donors (Lipinski definition) is 1. The van der Waals surface area contributed by atoms with Crippen LogP contribution in [0.1, 0.15) is 30.0 Å². The van der Waals surface area contributed by atoms with Gasteiger partial charge in [0.1, 0.15) is 11.2 Å². The highest BCUT2D eigenvalue weighted by atomic mass is 79.9. The van der Waals surface area contributed by atoms with E-state index in [9.17, 15) is 9.18 Å². The van der Waals surface area contributed by atoms with Crippen LogP contribution in [0.2, 0.25) is 0 Å². The number of nitrogens with zero attached hydrogens (tertiary/aromatic N) is 1. The number of aromatic nitrogens is 2. The van der Waals surface area contributed by atoms with Gasteiger partial charge in [0, 0.05) is 16.8 Å². The average molecular weight is 297 g/mol. The van der Waals surface area contributed by atoms with Gasteiger partial charge in [0.25, 0.3) is 5.56 Å². The van der Waals surface area contributed by atoms with Crippen LogP contribution in [0.5, 0.6) is 0 Å². The monoisotopic (exact) mass is 296 g/mol.